The molecule has 2 aromatic rings. The second-order valence-corrected chi connectivity index (χ2v) is 5.77. The van der Waals surface area contributed by atoms with Crippen molar-refractivity contribution in [3.63, 3.8) is 0 Å². The molecule has 1 N–H and O–H groups in total. The summed E-state index contributed by atoms with van der Waals surface area (Å²) in [6.07, 6.45) is 4.30. The smallest absolute Gasteiger partial charge is 0.123 e. The number of thiazole rings is 1. The third-order valence-corrected chi connectivity index (χ3v) is 4.24. The molecule has 0 radical (unpaired) electrons. The van der Waals surface area contributed by atoms with Crippen LogP contribution in [0.25, 0.3) is 10.6 Å². The maximum atomic E-state index is 5.49. The molecule has 1 aromatic carbocycles. The molecule has 1 saturated heterocycles. The summed E-state index contributed by atoms with van der Waals surface area (Å²) in [6.45, 7) is 2.82. The number of rotatable bonds is 4. The topological polar surface area (TPSA) is 34.1 Å². The highest BCUT2D eigenvalue weighted by atomic mass is 32.1. The minimum atomic E-state index is 0.646. The lowest BCUT2D eigenvalue weighted by Crippen LogP contribution is -2.24. The van der Waals surface area contributed by atoms with Gasteiger partial charge in [0.2, 0.25) is 0 Å². The molecule has 2 heterocycles. The van der Waals surface area contributed by atoms with E-state index >= 15 is 0 Å². The van der Waals surface area contributed by atoms with E-state index in [9.17, 15) is 0 Å². The first-order valence-corrected chi connectivity index (χ1v) is 7.61. The Balaban J connectivity index is 1.57. The van der Waals surface area contributed by atoms with Crippen molar-refractivity contribution in [3.8, 4) is 10.6 Å². The fourth-order valence-electron chi connectivity index (χ4n) is 2.33. The maximum Gasteiger partial charge on any atom is 0.123 e. The monoisotopic (exact) mass is 274 g/mol. The number of hydrogen-bond acceptors (Lipinski definition) is 4. The summed E-state index contributed by atoms with van der Waals surface area (Å²) >= 11 is 1.67. The predicted molar refractivity (Wildman–Crippen MR) is 79.6 cm³/mol. The van der Waals surface area contributed by atoms with E-state index in [1.165, 1.54) is 24.1 Å². The van der Waals surface area contributed by atoms with Crippen LogP contribution in [0.5, 0.6) is 0 Å². The number of anilines is 1. The van der Waals surface area contributed by atoms with Crippen molar-refractivity contribution in [1.82, 2.24) is 4.98 Å². The Labute approximate surface area is 117 Å². The van der Waals surface area contributed by atoms with E-state index < -0.39 is 0 Å². The van der Waals surface area contributed by atoms with Crippen molar-refractivity contribution < 1.29 is 4.74 Å². The number of benzene rings is 1. The summed E-state index contributed by atoms with van der Waals surface area (Å²) in [5, 5.41) is 6.57. The van der Waals surface area contributed by atoms with Crippen LogP contribution in [-0.2, 0) is 4.74 Å². The average Bonchev–Trinajstić information content (AvgIpc) is 3.01. The van der Waals surface area contributed by atoms with Crippen molar-refractivity contribution in [1.29, 1.82) is 0 Å². The molecule has 1 aromatic heterocycles. The van der Waals surface area contributed by atoms with Crippen LogP contribution in [0.3, 0.4) is 0 Å². The molecule has 1 atom stereocenters. The highest BCUT2D eigenvalue weighted by molar-refractivity contribution is 7.13. The molecule has 3 rings (SSSR count). The molecule has 0 saturated carbocycles. The molecule has 1 unspecified atom stereocenters. The average molecular weight is 274 g/mol. The second-order valence-electron chi connectivity index (χ2n) is 4.88. The standard InChI is InChI=1S/C15H18N2OS/c1-2-12(11-18-8-1)10-17-14-5-3-13(4-6-14)15-16-7-9-19-15/h3-7,9,12,17H,1-2,8,10-11H2. The predicted octanol–water partition coefficient (Wildman–Crippen LogP) is 3.65. The van der Waals surface area contributed by atoms with Gasteiger partial charge in [-0.15, -0.1) is 11.3 Å². The van der Waals surface area contributed by atoms with E-state index in [0.717, 1.165) is 24.8 Å². The third kappa shape index (κ3) is 3.33. The van der Waals surface area contributed by atoms with E-state index in [1.807, 2.05) is 11.6 Å². The van der Waals surface area contributed by atoms with E-state index in [2.05, 4.69) is 34.6 Å². The van der Waals surface area contributed by atoms with E-state index in [1.54, 1.807) is 11.3 Å². The van der Waals surface area contributed by atoms with Gasteiger partial charge in [-0.05, 0) is 43.0 Å². The van der Waals surface area contributed by atoms with E-state index in [-0.39, 0.29) is 0 Å². The summed E-state index contributed by atoms with van der Waals surface area (Å²) in [7, 11) is 0. The fraction of sp³-hybridized carbons (Fsp3) is 0.400. The van der Waals surface area contributed by atoms with Gasteiger partial charge >= 0.3 is 0 Å². The normalized spacial score (nSPS) is 19.3. The van der Waals surface area contributed by atoms with Gasteiger partial charge in [-0.1, -0.05) is 0 Å². The maximum absolute atomic E-state index is 5.49. The minimum absolute atomic E-state index is 0.646. The number of hydrogen-bond donors (Lipinski definition) is 1. The van der Waals surface area contributed by atoms with Crippen LogP contribution < -0.4 is 5.32 Å². The lowest BCUT2D eigenvalue weighted by atomic mass is 10.0. The molecule has 0 spiro atoms. The van der Waals surface area contributed by atoms with Crippen LogP contribution in [0.4, 0.5) is 5.69 Å². The van der Waals surface area contributed by atoms with Gasteiger partial charge in [0.05, 0.1) is 6.61 Å². The van der Waals surface area contributed by atoms with Crippen LogP contribution >= 0.6 is 11.3 Å². The highest BCUT2D eigenvalue weighted by Gasteiger charge is 2.13. The first kappa shape index (κ1) is 12.6. The lowest BCUT2D eigenvalue weighted by Gasteiger charge is -2.22. The van der Waals surface area contributed by atoms with Gasteiger partial charge in [-0.25, -0.2) is 4.98 Å². The molecular weight excluding hydrogens is 256 g/mol. The molecule has 1 aliphatic heterocycles. The van der Waals surface area contributed by atoms with Crippen molar-refractivity contribution in [2.45, 2.75) is 12.8 Å². The third-order valence-electron chi connectivity index (χ3n) is 3.41. The molecule has 3 nitrogen and oxygen atoms in total. The molecule has 0 amide bonds. The Kier molecular flexibility index (Phi) is 4.10. The molecule has 1 fully saturated rings. The summed E-state index contributed by atoms with van der Waals surface area (Å²) in [5.41, 5.74) is 2.35. The van der Waals surface area contributed by atoms with Gasteiger partial charge in [-0.2, -0.15) is 0 Å². The van der Waals surface area contributed by atoms with Gasteiger partial charge in [0, 0.05) is 36.0 Å². The Morgan fingerprint density at radius 2 is 2.21 bits per heavy atom. The Bertz CT molecular complexity index is 489. The largest absolute Gasteiger partial charge is 0.385 e. The summed E-state index contributed by atoms with van der Waals surface area (Å²) < 4.78 is 5.49. The SMILES string of the molecule is c1csc(-c2ccc(NCC3CCCOC3)cc2)n1. The number of nitrogens with zero attached hydrogens (tertiary/aromatic N) is 1. The van der Waals surface area contributed by atoms with Crippen molar-refractivity contribution in [3.05, 3.63) is 35.8 Å². The van der Waals surface area contributed by atoms with Crippen LogP contribution in [0.1, 0.15) is 12.8 Å². The quantitative estimate of drug-likeness (QED) is 0.924. The molecular formula is C15H18N2OS. The highest BCUT2D eigenvalue weighted by Crippen LogP contribution is 2.23. The van der Waals surface area contributed by atoms with E-state index in [0.29, 0.717) is 5.92 Å². The van der Waals surface area contributed by atoms with Crippen LogP contribution in [-0.4, -0.2) is 24.7 Å². The lowest BCUT2D eigenvalue weighted by molar-refractivity contribution is 0.0595. The van der Waals surface area contributed by atoms with Gasteiger partial charge < -0.3 is 10.1 Å². The molecule has 4 heteroatoms. The minimum Gasteiger partial charge on any atom is -0.385 e. The Morgan fingerprint density at radius 3 is 2.89 bits per heavy atom. The Hall–Kier alpha value is -1.39. The first-order valence-electron chi connectivity index (χ1n) is 6.73. The van der Waals surface area contributed by atoms with E-state index in [4.69, 9.17) is 4.74 Å². The molecule has 0 aliphatic carbocycles. The van der Waals surface area contributed by atoms with Crippen LogP contribution in [0.15, 0.2) is 35.8 Å². The second kappa shape index (κ2) is 6.17. The first-order chi connectivity index (χ1) is 9.42. The molecule has 0 bridgehead atoms. The fourth-order valence-corrected chi connectivity index (χ4v) is 2.97. The molecule has 19 heavy (non-hydrogen) atoms. The zero-order valence-electron chi connectivity index (χ0n) is 10.8. The van der Waals surface area contributed by atoms with Crippen molar-refractivity contribution in [2.75, 3.05) is 25.1 Å². The summed E-state index contributed by atoms with van der Waals surface area (Å²) in [4.78, 5) is 4.32. The molecule has 1 aliphatic rings. The number of aromatic nitrogens is 1. The van der Waals surface area contributed by atoms with Crippen LogP contribution in [0.2, 0.25) is 0 Å². The van der Waals surface area contributed by atoms with Crippen LogP contribution in [0, 0.1) is 5.92 Å². The van der Waals surface area contributed by atoms with Crippen molar-refractivity contribution in [2.24, 2.45) is 5.92 Å². The van der Waals surface area contributed by atoms with Gasteiger partial charge in [0.25, 0.3) is 0 Å². The van der Waals surface area contributed by atoms with Crippen molar-refractivity contribution >= 4 is 17.0 Å². The Morgan fingerprint density at radius 1 is 1.32 bits per heavy atom. The zero-order valence-corrected chi connectivity index (χ0v) is 11.7. The van der Waals surface area contributed by atoms with Gasteiger partial charge in [-0.3, -0.25) is 0 Å². The summed E-state index contributed by atoms with van der Waals surface area (Å²) in [6, 6.07) is 8.50. The zero-order chi connectivity index (χ0) is 12.9. The van der Waals surface area contributed by atoms with Gasteiger partial charge in [0.15, 0.2) is 0 Å². The number of nitrogens with one attached hydrogen (secondary N) is 1. The van der Waals surface area contributed by atoms with Gasteiger partial charge in [0.1, 0.15) is 5.01 Å². The number of ether oxygens (including phenoxy) is 1. The summed E-state index contributed by atoms with van der Waals surface area (Å²) in [5.74, 6) is 0.646. The molecule has 100 valence electrons.